The molecule has 100 valence electrons. The molecule has 1 saturated heterocycles. The highest BCUT2D eigenvalue weighted by atomic mass is 16.5. The minimum atomic E-state index is -0.828. The van der Waals surface area contributed by atoms with Gasteiger partial charge >= 0.3 is 5.97 Å². The maximum Gasteiger partial charge on any atom is 0.308 e. The third-order valence-corrected chi connectivity index (χ3v) is 3.77. The molecule has 1 aromatic carbocycles. The summed E-state index contributed by atoms with van der Waals surface area (Å²) >= 11 is 0. The molecule has 2 heterocycles. The van der Waals surface area contributed by atoms with Crippen LogP contribution in [0, 0.1) is 5.92 Å². The van der Waals surface area contributed by atoms with E-state index in [1.54, 1.807) is 4.90 Å². The summed E-state index contributed by atoms with van der Waals surface area (Å²) in [4.78, 5) is 24.8. The number of hydrogen-bond donors (Lipinski definition) is 1. The van der Waals surface area contributed by atoms with Gasteiger partial charge in [-0.25, -0.2) is 0 Å². The predicted octanol–water partition coefficient (Wildman–Crippen LogP) is 0.923. The largest absolute Gasteiger partial charge is 0.481 e. The lowest BCUT2D eigenvalue weighted by molar-refractivity contribution is -0.142. The molecule has 5 nitrogen and oxygen atoms in total. The molecule has 0 unspecified atom stereocenters. The highest BCUT2D eigenvalue weighted by Gasteiger charge is 2.37. The molecule has 5 heteroatoms. The molecule has 0 radical (unpaired) electrons. The fourth-order valence-corrected chi connectivity index (χ4v) is 2.69. The molecular formula is C14H15NO4. The van der Waals surface area contributed by atoms with Crippen molar-refractivity contribution >= 4 is 11.9 Å². The van der Waals surface area contributed by atoms with Crippen molar-refractivity contribution in [2.24, 2.45) is 5.92 Å². The number of para-hydroxylation sites is 1. The van der Waals surface area contributed by atoms with Crippen LogP contribution in [-0.4, -0.2) is 41.1 Å². The second-order valence-electron chi connectivity index (χ2n) is 5.03. The topological polar surface area (TPSA) is 66.8 Å². The lowest BCUT2D eigenvalue weighted by Crippen LogP contribution is -2.40. The SMILES string of the molecule is O=C(O)[C@H]1CCN(C(=O)[C@H]2Cc3ccccc3O2)C1. The Morgan fingerprint density at radius 3 is 2.79 bits per heavy atom. The number of amides is 1. The molecule has 0 aromatic heterocycles. The summed E-state index contributed by atoms with van der Waals surface area (Å²) in [5.74, 6) is -0.603. The van der Waals surface area contributed by atoms with Gasteiger partial charge in [0, 0.05) is 19.5 Å². The number of carboxylic acid groups (broad SMARTS) is 1. The number of nitrogens with zero attached hydrogens (tertiary/aromatic N) is 1. The van der Waals surface area contributed by atoms with E-state index >= 15 is 0 Å². The van der Waals surface area contributed by atoms with Crippen molar-refractivity contribution < 1.29 is 19.4 Å². The van der Waals surface area contributed by atoms with Crippen molar-refractivity contribution in [2.75, 3.05) is 13.1 Å². The number of hydrogen-bond acceptors (Lipinski definition) is 3. The van der Waals surface area contributed by atoms with E-state index in [-0.39, 0.29) is 5.91 Å². The smallest absolute Gasteiger partial charge is 0.308 e. The lowest BCUT2D eigenvalue weighted by atomic mass is 10.1. The van der Waals surface area contributed by atoms with E-state index in [0.29, 0.717) is 25.9 Å². The summed E-state index contributed by atoms with van der Waals surface area (Å²) < 4.78 is 5.64. The van der Waals surface area contributed by atoms with Gasteiger partial charge in [-0.3, -0.25) is 9.59 Å². The van der Waals surface area contributed by atoms with Crippen LogP contribution >= 0.6 is 0 Å². The maximum atomic E-state index is 12.3. The van der Waals surface area contributed by atoms with Crippen LogP contribution in [0.15, 0.2) is 24.3 Å². The maximum absolute atomic E-state index is 12.3. The predicted molar refractivity (Wildman–Crippen MR) is 66.9 cm³/mol. The van der Waals surface area contributed by atoms with Crippen LogP contribution in [0.4, 0.5) is 0 Å². The van der Waals surface area contributed by atoms with Crippen LogP contribution in [0.3, 0.4) is 0 Å². The summed E-state index contributed by atoms with van der Waals surface area (Å²) in [5.41, 5.74) is 1.04. The first-order chi connectivity index (χ1) is 9.15. The highest BCUT2D eigenvalue weighted by Crippen LogP contribution is 2.30. The second kappa shape index (κ2) is 4.57. The molecule has 0 spiro atoms. The normalized spacial score (nSPS) is 24.9. The van der Waals surface area contributed by atoms with Gasteiger partial charge in [0.1, 0.15) is 5.75 Å². The fraction of sp³-hybridized carbons (Fsp3) is 0.429. The molecule has 0 bridgehead atoms. The first kappa shape index (κ1) is 12.0. The van der Waals surface area contributed by atoms with Gasteiger partial charge in [-0.15, -0.1) is 0 Å². The Morgan fingerprint density at radius 2 is 2.11 bits per heavy atom. The number of benzene rings is 1. The molecule has 0 aliphatic carbocycles. The zero-order valence-corrected chi connectivity index (χ0v) is 10.4. The van der Waals surface area contributed by atoms with Crippen molar-refractivity contribution in [3.05, 3.63) is 29.8 Å². The van der Waals surface area contributed by atoms with E-state index < -0.39 is 18.0 Å². The monoisotopic (exact) mass is 261 g/mol. The van der Waals surface area contributed by atoms with Crippen molar-refractivity contribution in [2.45, 2.75) is 18.9 Å². The third kappa shape index (κ3) is 2.16. The average Bonchev–Trinajstić information content (AvgIpc) is 3.04. The van der Waals surface area contributed by atoms with E-state index in [1.165, 1.54) is 0 Å². The standard InChI is InChI=1S/C14H15NO4/c16-13(15-6-5-10(8-15)14(17)18)12-7-9-3-1-2-4-11(9)19-12/h1-4,10,12H,5-8H2,(H,17,18)/t10-,12+/m0/s1. The zero-order chi connectivity index (χ0) is 13.4. The molecule has 2 atom stereocenters. The number of fused-ring (bicyclic) bond motifs is 1. The number of likely N-dealkylation sites (tertiary alicyclic amines) is 1. The van der Waals surface area contributed by atoms with Crippen LogP contribution < -0.4 is 4.74 Å². The first-order valence-electron chi connectivity index (χ1n) is 6.41. The fourth-order valence-electron chi connectivity index (χ4n) is 2.69. The van der Waals surface area contributed by atoms with Gasteiger partial charge in [-0.2, -0.15) is 0 Å². The number of ether oxygens (including phenoxy) is 1. The van der Waals surface area contributed by atoms with E-state index in [1.807, 2.05) is 24.3 Å². The van der Waals surface area contributed by atoms with Gasteiger partial charge in [0.25, 0.3) is 5.91 Å². The lowest BCUT2D eigenvalue weighted by Gasteiger charge is -2.19. The Hall–Kier alpha value is -2.04. The van der Waals surface area contributed by atoms with Crippen molar-refractivity contribution in [3.8, 4) is 5.75 Å². The average molecular weight is 261 g/mol. The Morgan fingerprint density at radius 1 is 1.32 bits per heavy atom. The van der Waals surface area contributed by atoms with Crippen LogP contribution in [-0.2, 0) is 16.0 Å². The summed E-state index contributed by atoms with van der Waals surface area (Å²) in [6.45, 7) is 0.802. The van der Waals surface area contributed by atoms with Crippen LogP contribution in [0.25, 0.3) is 0 Å². The molecule has 2 aliphatic heterocycles. The van der Waals surface area contributed by atoms with Crippen molar-refractivity contribution in [1.82, 2.24) is 4.90 Å². The Balaban J connectivity index is 1.66. The summed E-state index contributed by atoms with van der Waals surface area (Å²) in [7, 11) is 0. The van der Waals surface area contributed by atoms with E-state index in [0.717, 1.165) is 11.3 Å². The molecule has 1 N–H and O–H groups in total. The number of rotatable bonds is 2. The van der Waals surface area contributed by atoms with Crippen LogP contribution in [0.5, 0.6) is 5.75 Å². The quantitative estimate of drug-likeness (QED) is 0.859. The number of aliphatic carboxylic acids is 1. The number of carbonyl (C=O) groups is 2. The molecular weight excluding hydrogens is 246 g/mol. The highest BCUT2D eigenvalue weighted by molar-refractivity contribution is 5.84. The van der Waals surface area contributed by atoms with Crippen molar-refractivity contribution in [3.63, 3.8) is 0 Å². The van der Waals surface area contributed by atoms with E-state index in [4.69, 9.17) is 9.84 Å². The van der Waals surface area contributed by atoms with Crippen molar-refractivity contribution in [1.29, 1.82) is 0 Å². The van der Waals surface area contributed by atoms with Crippen LogP contribution in [0.1, 0.15) is 12.0 Å². The minimum absolute atomic E-state index is 0.0973. The van der Waals surface area contributed by atoms with E-state index in [9.17, 15) is 9.59 Å². The number of carboxylic acids is 1. The van der Waals surface area contributed by atoms with Gasteiger partial charge in [0.05, 0.1) is 5.92 Å². The molecule has 1 aromatic rings. The van der Waals surface area contributed by atoms with Crippen LogP contribution in [0.2, 0.25) is 0 Å². The summed E-state index contributed by atoms with van der Waals surface area (Å²) in [6.07, 6.45) is 0.606. The van der Waals surface area contributed by atoms with Gasteiger partial charge in [-0.05, 0) is 18.1 Å². The number of carbonyl (C=O) groups excluding carboxylic acids is 1. The van der Waals surface area contributed by atoms with E-state index in [2.05, 4.69) is 0 Å². The Bertz CT molecular complexity index is 503. The second-order valence-corrected chi connectivity index (χ2v) is 5.03. The molecule has 1 fully saturated rings. The minimum Gasteiger partial charge on any atom is -0.481 e. The first-order valence-corrected chi connectivity index (χ1v) is 6.41. The molecule has 1 amide bonds. The van der Waals surface area contributed by atoms with Gasteiger partial charge < -0.3 is 14.7 Å². The third-order valence-electron chi connectivity index (χ3n) is 3.77. The Labute approximate surface area is 110 Å². The van der Waals surface area contributed by atoms with Gasteiger partial charge in [-0.1, -0.05) is 18.2 Å². The summed E-state index contributed by atoms with van der Waals surface area (Å²) in [6, 6.07) is 7.60. The van der Waals surface area contributed by atoms with Gasteiger partial charge in [0.15, 0.2) is 6.10 Å². The molecule has 2 aliphatic rings. The van der Waals surface area contributed by atoms with Gasteiger partial charge in [0.2, 0.25) is 0 Å². The molecule has 0 saturated carbocycles. The molecule has 19 heavy (non-hydrogen) atoms. The molecule has 3 rings (SSSR count). The Kier molecular flexibility index (Phi) is 2.89. The zero-order valence-electron chi connectivity index (χ0n) is 10.4. The summed E-state index contributed by atoms with van der Waals surface area (Å²) in [5, 5.41) is 8.95.